The molecule has 3 rings (SSSR count). The summed E-state index contributed by atoms with van der Waals surface area (Å²) in [4.78, 5) is 19.1. The average Bonchev–Trinajstić information content (AvgIpc) is 2.76. The molecule has 0 amide bonds. The molecule has 0 atom stereocenters. The molecule has 1 aliphatic carbocycles. The number of hydrogen-bond acceptors (Lipinski definition) is 5. The van der Waals surface area contributed by atoms with Gasteiger partial charge in [-0.2, -0.15) is 0 Å². The normalized spacial score (nSPS) is 14.8. The Morgan fingerprint density at radius 1 is 1.44 bits per heavy atom. The minimum Gasteiger partial charge on any atom is -0.294 e. The van der Waals surface area contributed by atoms with Crippen LogP contribution in [0.4, 0.5) is 5.95 Å². The Morgan fingerprint density at radius 3 is 2.94 bits per heavy atom. The van der Waals surface area contributed by atoms with E-state index < -0.39 is 0 Å². The molecule has 6 heteroatoms. The molecule has 0 saturated carbocycles. The van der Waals surface area contributed by atoms with Crippen LogP contribution < -0.4 is 16.8 Å². The van der Waals surface area contributed by atoms with Gasteiger partial charge in [-0.3, -0.25) is 14.8 Å². The van der Waals surface area contributed by atoms with Gasteiger partial charge in [0.05, 0.1) is 5.39 Å². The first-order chi connectivity index (χ1) is 8.76. The van der Waals surface area contributed by atoms with Crippen LogP contribution in [0.2, 0.25) is 0 Å². The molecular weight excluding hydrogens is 248 g/mol. The van der Waals surface area contributed by atoms with Gasteiger partial charge in [0, 0.05) is 11.4 Å². The minimum atomic E-state index is 0.0369. The first-order valence-corrected chi connectivity index (χ1v) is 7.09. The van der Waals surface area contributed by atoms with E-state index in [1.54, 1.807) is 15.9 Å². The number of aromatic nitrogens is 2. The van der Waals surface area contributed by atoms with Gasteiger partial charge in [-0.15, -0.1) is 11.3 Å². The van der Waals surface area contributed by atoms with Gasteiger partial charge in [0.2, 0.25) is 5.95 Å². The maximum absolute atomic E-state index is 12.5. The summed E-state index contributed by atoms with van der Waals surface area (Å²) in [6, 6.07) is 0. The van der Waals surface area contributed by atoms with Crippen molar-refractivity contribution in [1.29, 1.82) is 0 Å². The maximum Gasteiger partial charge on any atom is 0.263 e. The Bertz CT molecular complexity index is 658. The lowest BCUT2D eigenvalue weighted by molar-refractivity contribution is 0.695. The molecule has 0 saturated heterocycles. The number of nitrogens with two attached hydrogens (primary N) is 1. The molecule has 1 aliphatic rings. The molecule has 0 aliphatic heterocycles. The van der Waals surface area contributed by atoms with Crippen molar-refractivity contribution in [3.63, 3.8) is 0 Å². The van der Waals surface area contributed by atoms with Gasteiger partial charge < -0.3 is 0 Å². The molecular formula is C12H16N4OS. The fourth-order valence-electron chi connectivity index (χ4n) is 2.64. The van der Waals surface area contributed by atoms with Crippen LogP contribution >= 0.6 is 11.3 Å². The van der Waals surface area contributed by atoms with Crippen molar-refractivity contribution >= 4 is 27.5 Å². The van der Waals surface area contributed by atoms with E-state index in [9.17, 15) is 4.79 Å². The van der Waals surface area contributed by atoms with Crippen LogP contribution in [-0.2, 0) is 19.4 Å². The van der Waals surface area contributed by atoms with E-state index in [1.807, 2.05) is 6.92 Å². The van der Waals surface area contributed by atoms with Crippen LogP contribution in [0, 0.1) is 0 Å². The first kappa shape index (κ1) is 11.7. The third-order valence-corrected chi connectivity index (χ3v) is 4.71. The van der Waals surface area contributed by atoms with E-state index in [-0.39, 0.29) is 5.56 Å². The fourth-order valence-corrected chi connectivity index (χ4v) is 3.89. The van der Waals surface area contributed by atoms with E-state index in [0.29, 0.717) is 12.5 Å². The number of thiophene rings is 1. The number of nitrogen functional groups attached to an aromatic ring is 1. The molecule has 2 aromatic rings. The number of nitrogens with one attached hydrogen (secondary N) is 1. The van der Waals surface area contributed by atoms with Crippen molar-refractivity contribution in [2.45, 2.75) is 39.2 Å². The van der Waals surface area contributed by atoms with Crippen LogP contribution in [0.5, 0.6) is 0 Å². The largest absolute Gasteiger partial charge is 0.294 e. The van der Waals surface area contributed by atoms with Crippen molar-refractivity contribution < 1.29 is 0 Å². The second-order valence-corrected chi connectivity index (χ2v) is 5.60. The van der Waals surface area contributed by atoms with Crippen molar-refractivity contribution in [3.05, 3.63) is 20.8 Å². The number of anilines is 1. The number of hydrogen-bond donors (Lipinski definition) is 2. The summed E-state index contributed by atoms with van der Waals surface area (Å²) in [5.41, 5.74) is 3.78. The highest BCUT2D eigenvalue weighted by Crippen LogP contribution is 2.34. The fraction of sp³-hybridized carbons (Fsp3) is 0.500. The molecule has 5 nitrogen and oxygen atoms in total. The highest BCUT2D eigenvalue weighted by molar-refractivity contribution is 7.18. The molecule has 0 unspecified atom stereocenters. The van der Waals surface area contributed by atoms with Crippen LogP contribution in [-0.4, -0.2) is 9.55 Å². The maximum atomic E-state index is 12.5. The Balaban J connectivity index is 2.37. The zero-order chi connectivity index (χ0) is 12.7. The molecule has 0 radical (unpaired) electrons. The zero-order valence-corrected chi connectivity index (χ0v) is 11.1. The van der Waals surface area contributed by atoms with E-state index >= 15 is 0 Å². The van der Waals surface area contributed by atoms with Gasteiger partial charge in [0.25, 0.3) is 5.56 Å². The zero-order valence-electron chi connectivity index (χ0n) is 10.3. The van der Waals surface area contributed by atoms with Gasteiger partial charge in [-0.25, -0.2) is 10.8 Å². The smallest absolute Gasteiger partial charge is 0.263 e. The van der Waals surface area contributed by atoms with Gasteiger partial charge in [-0.1, -0.05) is 0 Å². The SMILES string of the molecule is CCn1c(NN)nc2sc3c(c2c1=O)CCCC3. The van der Waals surface area contributed by atoms with Crippen LogP contribution in [0.15, 0.2) is 4.79 Å². The van der Waals surface area contributed by atoms with E-state index in [0.717, 1.165) is 23.1 Å². The summed E-state index contributed by atoms with van der Waals surface area (Å²) in [5.74, 6) is 5.89. The monoisotopic (exact) mass is 264 g/mol. The van der Waals surface area contributed by atoms with Gasteiger partial charge in [0.15, 0.2) is 0 Å². The number of aryl methyl sites for hydroxylation is 2. The lowest BCUT2D eigenvalue weighted by Crippen LogP contribution is -2.26. The number of fused-ring (bicyclic) bond motifs is 3. The van der Waals surface area contributed by atoms with E-state index in [4.69, 9.17) is 5.84 Å². The van der Waals surface area contributed by atoms with Gasteiger partial charge in [0.1, 0.15) is 4.83 Å². The summed E-state index contributed by atoms with van der Waals surface area (Å²) in [6.07, 6.45) is 4.46. The van der Waals surface area contributed by atoms with Crippen molar-refractivity contribution in [1.82, 2.24) is 9.55 Å². The lowest BCUT2D eigenvalue weighted by atomic mass is 9.97. The summed E-state index contributed by atoms with van der Waals surface area (Å²) < 4.78 is 1.60. The Labute approximate surface area is 109 Å². The quantitative estimate of drug-likeness (QED) is 0.639. The second kappa shape index (κ2) is 4.37. The summed E-state index contributed by atoms with van der Waals surface area (Å²) in [5, 5.41) is 0.815. The number of nitrogens with zero attached hydrogens (tertiary/aromatic N) is 2. The third kappa shape index (κ3) is 1.56. The Hall–Kier alpha value is -1.40. The standard InChI is InChI=1S/C12H16N4OS/c1-2-16-11(17)9-7-5-3-4-6-8(7)18-10(9)14-12(16)15-13/h2-6,13H2,1H3,(H,14,15). The average molecular weight is 264 g/mol. The van der Waals surface area contributed by atoms with Crippen molar-refractivity contribution in [2.24, 2.45) is 5.84 Å². The third-order valence-electron chi connectivity index (χ3n) is 3.52. The molecule has 0 aromatic carbocycles. The Morgan fingerprint density at radius 2 is 2.22 bits per heavy atom. The number of hydrazine groups is 1. The molecule has 0 fully saturated rings. The molecule has 0 spiro atoms. The molecule has 2 heterocycles. The minimum absolute atomic E-state index is 0.0369. The summed E-state index contributed by atoms with van der Waals surface area (Å²) in [6.45, 7) is 2.50. The predicted molar refractivity (Wildman–Crippen MR) is 74.0 cm³/mol. The predicted octanol–water partition coefficient (Wildman–Crippen LogP) is 1.64. The molecule has 18 heavy (non-hydrogen) atoms. The van der Waals surface area contributed by atoms with Crippen molar-refractivity contribution in [3.8, 4) is 0 Å². The van der Waals surface area contributed by atoms with Gasteiger partial charge >= 0.3 is 0 Å². The first-order valence-electron chi connectivity index (χ1n) is 6.28. The molecule has 2 aromatic heterocycles. The van der Waals surface area contributed by atoms with E-state index in [2.05, 4.69) is 10.4 Å². The lowest BCUT2D eigenvalue weighted by Gasteiger charge is -2.11. The summed E-state index contributed by atoms with van der Waals surface area (Å²) in [7, 11) is 0. The Kier molecular flexibility index (Phi) is 2.83. The second-order valence-electron chi connectivity index (χ2n) is 4.52. The highest BCUT2D eigenvalue weighted by Gasteiger charge is 2.21. The summed E-state index contributed by atoms with van der Waals surface area (Å²) >= 11 is 1.64. The molecule has 96 valence electrons. The van der Waals surface area contributed by atoms with Crippen LogP contribution in [0.1, 0.15) is 30.2 Å². The topological polar surface area (TPSA) is 72.9 Å². The molecule has 3 N–H and O–H groups in total. The van der Waals surface area contributed by atoms with Gasteiger partial charge in [-0.05, 0) is 38.2 Å². The highest BCUT2D eigenvalue weighted by atomic mass is 32.1. The van der Waals surface area contributed by atoms with E-state index in [1.165, 1.54) is 23.3 Å². The molecule has 0 bridgehead atoms. The van der Waals surface area contributed by atoms with Crippen molar-refractivity contribution in [2.75, 3.05) is 5.43 Å². The van der Waals surface area contributed by atoms with Crippen LogP contribution in [0.3, 0.4) is 0 Å². The number of rotatable bonds is 2. The van der Waals surface area contributed by atoms with Crippen LogP contribution in [0.25, 0.3) is 10.2 Å².